The number of para-hydroxylation sites is 1. The molecule has 3 aromatic carbocycles. The highest BCUT2D eigenvalue weighted by Gasteiger charge is 2.32. The Bertz CT molecular complexity index is 1280. The summed E-state index contributed by atoms with van der Waals surface area (Å²) in [5.74, 6) is -0.00827. The van der Waals surface area contributed by atoms with E-state index in [-0.39, 0.29) is 24.3 Å². The van der Waals surface area contributed by atoms with Crippen molar-refractivity contribution < 1.29 is 9.59 Å². The zero-order valence-corrected chi connectivity index (χ0v) is 20.0. The van der Waals surface area contributed by atoms with Crippen LogP contribution in [0.25, 0.3) is 10.2 Å². The van der Waals surface area contributed by atoms with E-state index in [1.54, 1.807) is 6.92 Å². The Kier molecular flexibility index (Phi) is 6.41. The third-order valence-corrected chi connectivity index (χ3v) is 7.53. The fourth-order valence-corrected chi connectivity index (χ4v) is 5.72. The van der Waals surface area contributed by atoms with Crippen LogP contribution in [0.2, 0.25) is 0 Å². The minimum absolute atomic E-state index is 0.00289. The SMILES string of the molecule is CC(=O)N1CCc2ccccc2C1CC(=O)N(CCc1ccccc1)c1nc2ccccc2s1. The maximum absolute atomic E-state index is 13.8. The van der Waals surface area contributed by atoms with Crippen LogP contribution in [-0.2, 0) is 22.4 Å². The van der Waals surface area contributed by atoms with E-state index in [0.717, 1.165) is 28.6 Å². The van der Waals surface area contributed by atoms with Crippen molar-refractivity contribution in [1.29, 1.82) is 0 Å². The monoisotopic (exact) mass is 469 g/mol. The van der Waals surface area contributed by atoms with Crippen molar-refractivity contribution in [2.75, 3.05) is 18.0 Å². The van der Waals surface area contributed by atoms with E-state index in [2.05, 4.69) is 18.2 Å². The van der Waals surface area contributed by atoms with Crippen LogP contribution in [0.1, 0.15) is 36.1 Å². The van der Waals surface area contributed by atoms with Gasteiger partial charge in [-0.1, -0.05) is 78.1 Å². The molecule has 4 aromatic rings. The summed E-state index contributed by atoms with van der Waals surface area (Å²) in [7, 11) is 0. The topological polar surface area (TPSA) is 53.5 Å². The van der Waals surface area contributed by atoms with Gasteiger partial charge in [-0.25, -0.2) is 4.98 Å². The predicted octanol–water partition coefficient (Wildman–Crippen LogP) is 5.41. The van der Waals surface area contributed by atoms with Gasteiger partial charge in [0.25, 0.3) is 0 Å². The van der Waals surface area contributed by atoms with Gasteiger partial charge in [0, 0.05) is 20.0 Å². The zero-order valence-electron chi connectivity index (χ0n) is 19.2. The molecule has 34 heavy (non-hydrogen) atoms. The van der Waals surface area contributed by atoms with E-state index >= 15 is 0 Å². The van der Waals surface area contributed by atoms with Crippen molar-refractivity contribution in [3.05, 3.63) is 95.6 Å². The van der Waals surface area contributed by atoms with Gasteiger partial charge in [0.2, 0.25) is 11.8 Å². The molecule has 0 bridgehead atoms. The third kappa shape index (κ3) is 4.59. The molecule has 2 heterocycles. The van der Waals surface area contributed by atoms with Gasteiger partial charge >= 0.3 is 0 Å². The van der Waals surface area contributed by atoms with Crippen LogP contribution in [-0.4, -0.2) is 34.8 Å². The summed E-state index contributed by atoms with van der Waals surface area (Å²) in [6, 6.07) is 26.1. The van der Waals surface area contributed by atoms with E-state index < -0.39 is 0 Å². The van der Waals surface area contributed by atoms with Crippen LogP contribution in [0.4, 0.5) is 5.13 Å². The first-order valence-electron chi connectivity index (χ1n) is 11.6. The molecule has 2 amide bonds. The number of fused-ring (bicyclic) bond motifs is 2. The molecule has 0 spiro atoms. The lowest BCUT2D eigenvalue weighted by atomic mass is 9.90. The molecule has 0 aliphatic carbocycles. The Morgan fingerprint density at radius 1 is 1.00 bits per heavy atom. The number of nitrogens with zero attached hydrogens (tertiary/aromatic N) is 3. The summed E-state index contributed by atoms with van der Waals surface area (Å²) in [6.45, 7) is 2.76. The van der Waals surface area contributed by atoms with Gasteiger partial charge in [-0.05, 0) is 41.7 Å². The Morgan fingerprint density at radius 2 is 1.74 bits per heavy atom. The van der Waals surface area contributed by atoms with E-state index in [1.807, 2.05) is 70.5 Å². The largest absolute Gasteiger partial charge is 0.335 e. The molecular weight excluding hydrogens is 442 g/mol. The highest BCUT2D eigenvalue weighted by molar-refractivity contribution is 7.22. The molecule has 5 rings (SSSR count). The standard InChI is InChI=1S/C28H27N3O2S/c1-20(32)30-18-16-22-11-5-6-12-23(22)25(30)19-27(33)31(17-15-21-9-3-2-4-10-21)28-29-24-13-7-8-14-26(24)34-28/h2-14,25H,15-19H2,1H3. The van der Waals surface area contributed by atoms with E-state index in [4.69, 9.17) is 4.98 Å². The van der Waals surface area contributed by atoms with Crippen LogP contribution in [0.15, 0.2) is 78.9 Å². The molecule has 6 heteroatoms. The Hall–Kier alpha value is -3.51. The highest BCUT2D eigenvalue weighted by atomic mass is 32.1. The molecule has 0 N–H and O–H groups in total. The van der Waals surface area contributed by atoms with E-state index in [0.29, 0.717) is 18.2 Å². The maximum atomic E-state index is 13.8. The smallest absolute Gasteiger partial charge is 0.231 e. The lowest BCUT2D eigenvalue weighted by Gasteiger charge is -2.37. The molecule has 1 aliphatic rings. The average Bonchev–Trinajstić information content (AvgIpc) is 3.28. The number of anilines is 1. The number of hydrogen-bond acceptors (Lipinski definition) is 4. The molecular formula is C28H27N3O2S. The first-order chi connectivity index (χ1) is 16.6. The van der Waals surface area contributed by atoms with E-state index in [1.165, 1.54) is 22.5 Å². The first kappa shape index (κ1) is 22.3. The lowest BCUT2D eigenvalue weighted by molar-refractivity contribution is -0.133. The van der Waals surface area contributed by atoms with Crippen molar-refractivity contribution in [2.45, 2.75) is 32.2 Å². The second-order valence-electron chi connectivity index (χ2n) is 8.63. The van der Waals surface area contributed by atoms with Gasteiger partial charge in [-0.3, -0.25) is 14.5 Å². The summed E-state index contributed by atoms with van der Waals surface area (Å²) in [6.07, 6.45) is 1.79. The highest BCUT2D eigenvalue weighted by Crippen LogP contribution is 2.35. The molecule has 0 saturated heterocycles. The Balaban J connectivity index is 1.46. The van der Waals surface area contributed by atoms with Gasteiger partial charge < -0.3 is 4.90 Å². The number of benzene rings is 3. The van der Waals surface area contributed by atoms with Crippen molar-refractivity contribution >= 4 is 38.5 Å². The van der Waals surface area contributed by atoms with Crippen LogP contribution in [0, 0.1) is 0 Å². The normalized spacial score (nSPS) is 15.2. The number of amides is 2. The summed E-state index contributed by atoms with van der Waals surface area (Å²) < 4.78 is 1.06. The van der Waals surface area contributed by atoms with Crippen molar-refractivity contribution in [1.82, 2.24) is 9.88 Å². The fraction of sp³-hybridized carbons (Fsp3) is 0.250. The molecule has 0 radical (unpaired) electrons. The van der Waals surface area contributed by atoms with Crippen molar-refractivity contribution in [3.8, 4) is 0 Å². The quantitative estimate of drug-likeness (QED) is 0.380. The fourth-order valence-electron chi connectivity index (χ4n) is 4.71. The number of carbonyl (C=O) groups is 2. The van der Waals surface area contributed by atoms with Gasteiger partial charge in [0.05, 0.1) is 22.7 Å². The molecule has 1 aliphatic heterocycles. The molecule has 5 nitrogen and oxygen atoms in total. The number of rotatable bonds is 6. The predicted molar refractivity (Wildman–Crippen MR) is 137 cm³/mol. The average molecular weight is 470 g/mol. The molecule has 0 fully saturated rings. The molecule has 172 valence electrons. The minimum Gasteiger partial charge on any atom is -0.335 e. The van der Waals surface area contributed by atoms with E-state index in [9.17, 15) is 9.59 Å². The first-order valence-corrected chi connectivity index (χ1v) is 12.5. The molecule has 1 unspecified atom stereocenters. The Morgan fingerprint density at radius 3 is 2.53 bits per heavy atom. The Labute approximate surface area is 203 Å². The third-order valence-electron chi connectivity index (χ3n) is 6.47. The van der Waals surface area contributed by atoms with Gasteiger partial charge in [-0.2, -0.15) is 0 Å². The number of aromatic nitrogens is 1. The molecule has 1 aromatic heterocycles. The van der Waals surface area contributed by atoms with Crippen LogP contribution < -0.4 is 4.90 Å². The van der Waals surface area contributed by atoms with Gasteiger partial charge in [-0.15, -0.1) is 0 Å². The second kappa shape index (κ2) is 9.77. The van der Waals surface area contributed by atoms with Crippen molar-refractivity contribution in [3.63, 3.8) is 0 Å². The summed E-state index contributed by atoms with van der Waals surface area (Å²) in [5, 5.41) is 0.709. The number of carbonyl (C=O) groups excluding carboxylic acids is 2. The van der Waals surface area contributed by atoms with Crippen LogP contribution in [0.3, 0.4) is 0 Å². The van der Waals surface area contributed by atoms with Crippen molar-refractivity contribution in [2.24, 2.45) is 0 Å². The lowest BCUT2D eigenvalue weighted by Crippen LogP contribution is -2.42. The van der Waals surface area contributed by atoms with Gasteiger partial charge in [0.1, 0.15) is 0 Å². The summed E-state index contributed by atoms with van der Waals surface area (Å²) >= 11 is 1.54. The zero-order chi connectivity index (χ0) is 23.5. The maximum Gasteiger partial charge on any atom is 0.231 e. The molecule has 0 saturated carbocycles. The second-order valence-corrected chi connectivity index (χ2v) is 9.64. The summed E-state index contributed by atoms with van der Waals surface area (Å²) in [4.78, 5) is 34.7. The number of thiazole rings is 1. The summed E-state index contributed by atoms with van der Waals surface area (Å²) in [5.41, 5.74) is 4.36. The van der Waals surface area contributed by atoms with Crippen LogP contribution >= 0.6 is 11.3 Å². The van der Waals surface area contributed by atoms with Gasteiger partial charge in [0.15, 0.2) is 5.13 Å². The van der Waals surface area contributed by atoms with Crippen LogP contribution in [0.5, 0.6) is 0 Å². The molecule has 1 atom stereocenters. The minimum atomic E-state index is -0.261. The number of hydrogen-bond donors (Lipinski definition) is 0.